The summed E-state index contributed by atoms with van der Waals surface area (Å²) in [6.07, 6.45) is 1.93. The zero-order valence-electron chi connectivity index (χ0n) is 17.1. The molecule has 1 heterocycles. The Hall–Kier alpha value is -2.44. The van der Waals surface area contributed by atoms with Crippen LogP contribution in [0.3, 0.4) is 0 Å². The van der Waals surface area contributed by atoms with E-state index in [1.165, 1.54) is 28.8 Å². The third kappa shape index (κ3) is 4.77. The lowest BCUT2D eigenvalue weighted by atomic mass is 9.98. The van der Waals surface area contributed by atoms with Gasteiger partial charge in [0.2, 0.25) is 5.91 Å². The van der Waals surface area contributed by atoms with Gasteiger partial charge in [-0.3, -0.25) is 9.36 Å². The second kappa shape index (κ2) is 8.51. The second-order valence-corrected chi connectivity index (χ2v) is 8.82. The van der Waals surface area contributed by atoms with Crippen molar-refractivity contribution >= 4 is 17.7 Å². The van der Waals surface area contributed by atoms with Gasteiger partial charge in [-0.25, -0.2) is 4.39 Å². The van der Waals surface area contributed by atoms with Gasteiger partial charge in [0.25, 0.3) is 0 Å². The Bertz CT molecular complexity index is 918. The lowest BCUT2D eigenvalue weighted by Crippen LogP contribution is -3.05. The molecule has 1 aromatic heterocycles. The molecule has 1 aliphatic carbocycles. The Balaban J connectivity index is 1.81. The number of halogens is 1. The lowest BCUT2D eigenvalue weighted by Gasteiger charge is -2.22. The van der Waals surface area contributed by atoms with Crippen LogP contribution >= 0.6 is 11.8 Å². The number of hydrogen-bond donors (Lipinski definition) is 2. The molecule has 0 spiro atoms. The van der Waals surface area contributed by atoms with Crippen LogP contribution in [0.5, 0.6) is 0 Å². The van der Waals surface area contributed by atoms with Gasteiger partial charge in [0.1, 0.15) is 17.4 Å². The molecule has 1 fully saturated rings. The maximum atomic E-state index is 13.4. The predicted octanol–water partition coefficient (Wildman–Crippen LogP) is 1.51. The van der Waals surface area contributed by atoms with Crippen LogP contribution in [-0.2, 0) is 4.79 Å². The molecule has 3 rings (SSSR count). The number of quaternary nitrogens is 1. The molecule has 9 heteroatoms. The molecule has 0 saturated heterocycles. The molecule has 2 atom stereocenters. The summed E-state index contributed by atoms with van der Waals surface area (Å²) in [4.78, 5) is 13.6. The van der Waals surface area contributed by atoms with Crippen LogP contribution in [0.2, 0.25) is 0 Å². The topological polar surface area (TPSA) is 88.0 Å². The van der Waals surface area contributed by atoms with E-state index in [0.29, 0.717) is 5.16 Å². The molecule has 0 bridgehead atoms. The molecule has 2 N–H and O–H groups in total. The Morgan fingerprint density at radius 3 is 2.62 bits per heavy atom. The van der Waals surface area contributed by atoms with Gasteiger partial charge in [-0.2, -0.15) is 5.26 Å². The van der Waals surface area contributed by atoms with Crippen molar-refractivity contribution in [1.29, 1.82) is 5.26 Å². The minimum atomic E-state index is -0.823. The van der Waals surface area contributed by atoms with E-state index >= 15 is 0 Å². The highest BCUT2D eigenvalue weighted by atomic mass is 32.2. The highest BCUT2D eigenvalue weighted by molar-refractivity contribution is 7.99. The summed E-state index contributed by atoms with van der Waals surface area (Å²) in [5.41, 5.74) is -0.0850. The van der Waals surface area contributed by atoms with Crippen molar-refractivity contribution in [2.75, 3.05) is 19.8 Å². The van der Waals surface area contributed by atoms with Gasteiger partial charge in [0, 0.05) is 5.69 Å². The van der Waals surface area contributed by atoms with Crippen molar-refractivity contribution in [1.82, 2.24) is 20.1 Å². The normalized spacial score (nSPS) is 16.9. The number of hydrogen-bond acceptors (Lipinski definition) is 5. The number of nitriles is 1. The van der Waals surface area contributed by atoms with E-state index in [-0.39, 0.29) is 29.4 Å². The van der Waals surface area contributed by atoms with Crippen molar-refractivity contribution in [3.05, 3.63) is 35.9 Å². The quantitative estimate of drug-likeness (QED) is 0.636. The van der Waals surface area contributed by atoms with Crippen LogP contribution in [0.15, 0.2) is 29.4 Å². The second-order valence-electron chi connectivity index (χ2n) is 7.88. The molecular formula is C20H26FN6OS+. The van der Waals surface area contributed by atoms with E-state index < -0.39 is 5.54 Å². The number of nitrogens with one attached hydrogen (secondary N) is 2. The molecule has 29 heavy (non-hydrogen) atoms. The van der Waals surface area contributed by atoms with E-state index in [0.717, 1.165) is 24.4 Å². The average molecular weight is 418 g/mol. The number of rotatable bonds is 8. The summed E-state index contributed by atoms with van der Waals surface area (Å²) in [5.74, 6) is 0.540. The van der Waals surface area contributed by atoms with Crippen LogP contribution in [-0.4, -0.2) is 46.1 Å². The third-order valence-electron chi connectivity index (χ3n) is 5.35. The first-order chi connectivity index (χ1) is 13.7. The molecule has 1 aliphatic rings. The zero-order chi connectivity index (χ0) is 21.2. The Labute approximate surface area is 174 Å². The fourth-order valence-electron chi connectivity index (χ4n) is 3.08. The lowest BCUT2D eigenvalue weighted by molar-refractivity contribution is -0.890. The summed E-state index contributed by atoms with van der Waals surface area (Å²) >= 11 is 1.25. The maximum absolute atomic E-state index is 13.4. The van der Waals surface area contributed by atoms with Crippen molar-refractivity contribution < 1.29 is 14.1 Å². The molecule has 0 aliphatic heterocycles. The SMILES string of the molecule is C[C@@H](c1nnc(SCC(=O)N[C@](C)(C#N)C2CC2)n1-c1ccc(F)cc1)[NH+](C)C. The number of thioether (sulfide) groups is 1. The first-order valence-corrected chi connectivity index (χ1v) is 10.6. The molecule has 7 nitrogen and oxygen atoms in total. The van der Waals surface area contributed by atoms with Gasteiger partial charge in [0.15, 0.2) is 11.0 Å². The number of nitrogens with zero attached hydrogens (tertiary/aromatic N) is 4. The summed E-state index contributed by atoms with van der Waals surface area (Å²) in [6, 6.07) is 8.40. The summed E-state index contributed by atoms with van der Waals surface area (Å²) in [7, 11) is 4.05. The molecule has 0 unspecified atom stereocenters. The van der Waals surface area contributed by atoms with Crippen LogP contribution in [0.1, 0.15) is 38.6 Å². The van der Waals surface area contributed by atoms with E-state index in [9.17, 15) is 14.4 Å². The highest BCUT2D eigenvalue weighted by Gasteiger charge is 2.43. The van der Waals surface area contributed by atoms with E-state index in [1.54, 1.807) is 19.1 Å². The standard InChI is InChI=1S/C20H25FN6OS/c1-13(26(3)4)18-24-25-19(27(18)16-9-7-15(21)8-10-16)29-11-17(28)23-20(2,12-22)14-5-6-14/h7-10,13-14H,5-6,11H2,1-4H3,(H,23,28)/p+1/t13-,20+/m0/s1. The van der Waals surface area contributed by atoms with Gasteiger partial charge in [-0.15, -0.1) is 10.2 Å². The van der Waals surface area contributed by atoms with Gasteiger partial charge >= 0.3 is 0 Å². The van der Waals surface area contributed by atoms with Crippen molar-refractivity contribution in [2.24, 2.45) is 5.92 Å². The monoisotopic (exact) mass is 417 g/mol. The Kier molecular flexibility index (Phi) is 6.24. The summed E-state index contributed by atoms with van der Waals surface area (Å²) < 4.78 is 15.3. The van der Waals surface area contributed by atoms with E-state index in [2.05, 4.69) is 21.6 Å². The Morgan fingerprint density at radius 1 is 1.41 bits per heavy atom. The number of carbonyl (C=O) groups is 1. The van der Waals surface area contributed by atoms with Gasteiger partial charge in [-0.05, 0) is 56.9 Å². The third-order valence-corrected chi connectivity index (χ3v) is 6.28. The summed E-state index contributed by atoms with van der Waals surface area (Å²) in [6.45, 7) is 3.81. The first-order valence-electron chi connectivity index (χ1n) is 9.61. The number of aromatic nitrogens is 3. The van der Waals surface area contributed by atoms with Crippen LogP contribution in [0.4, 0.5) is 4.39 Å². The minimum Gasteiger partial charge on any atom is -0.337 e. The van der Waals surface area contributed by atoms with Crippen molar-refractivity contribution in [3.8, 4) is 11.8 Å². The number of amides is 1. The summed E-state index contributed by atoms with van der Waals surface area (Å²) in [5, 5.41) is 21.5. The largest absolute Gasteiger partial charge is 0.337 e. The van der Waals surface area contributed by atoms with Gasteiger partial charge < -0.3 is 10.2 Å². The molecule has 1 amide bonds. The van der Waals surface area contributed by atoms with Gasteiger partial charge in [0.05, 0.1) is 25.9 Å². The molecule has 154 valence electrons. The maximum Gasteiger partial charge on any atom is 0.231 e. The van der Waals surface area contributed by atoms with Gasteiger partial charge in [-0.1, -0.05) is 11.8 Å². The number of benzene rings is 1. The fourth-order valence-corrected chi connectivity index (χ4v) is 3.84. The molecule has 1 saturated carbocycles. The van der Waals surface area contributed by atoms with E-state index in [1.807, 2.05) is 25.6 Å². The van der Waals surface area contributed by atoms with Crippen LogP contribution in [0.25, 0.3) is 5.69 Å². The van der Waals surface area contributed by atoms with Crippen molar-refractivity contribution in [3.63, 3.8) is 0 Å². The molecule has 0 radical (unpaired) electrons. The van der Waals surface area contributed by atoms with Crippen molar-refractivity contribution in [2.45, 2.75) is 43.4 Å². The predicted molar refractivity (Wildman–Crippen MR) is 108 cm³/mol. The van der Waals surface area contributed by atoms with Crippen LogP contribution < -0.4 is 10.2 Å². The highest BCUT2D eigenvalue weighted by Crippen LogP contribution is 2.39. The smallest absolute Gasteiger partial charge is 0.231 e. The molecule has 1 aromatic carbocycles. The Morgan fingerprint density at radius 2 is 2.07 bits per heavy atom. The number of carbonyl (C=O) groups excluding carboxylic acids is 1. The minimum absolute atomic E-state index is 0.0486. The fraction of sp³-hybridized carbons (Fsp3) is 0.500. The van der Waals surface area contributed by atoms with Crippen LogP contribution in [0, 0.1) is 23.1 Å². The zero-order valence-corrected chi connectivity index (χ0v) is 17.9. The average Bonchev–Trinajstić information content (AvgIpc) is 3.47. The molecular weight excluding hydrogens is 391 g/mol. The molecule has 2 aromatic rings. The van der Waals surface area contributed by atoms with E-state index in [4.69, 9.17) is 0 Å². The first kappa shape index (κ1) is 21.3.